The van der Waals surface area contributed by atoms with Crippen LogP contribution in [0.25, 0.3) is 0 Å². The van der Waals surface area contributed by atoms with E-state index < -0.39 is 5.72 Å². The number of para-hydroxylation sites is 1. The second-order valence-electron chi connectivity index (χ2n) is 4.07. The van der Waals surface area contributed by atoms with Gasteiger partial charge in [-0.15, -0.1) is 0 Å². The summed E-state index contributed by atoms with van der Waals surface area (Å²) in [5.74, 6) is 0. The largest absolute Gasteiger partial charge is 0.399 e. The van der Waals surface area contributed by atoms with Crippen LogP contribution in [0.15, 0.2) is 30.3 Å². The van der Waals surface area contributed by atoms with E-state index in [1.54, 1.807) is 0 Å². The Bertz CT molecular complexity index is 264. The summed E-state index contributed by atoms with van der Waals surface area (Å²) in [6.07, 6.45) is 4.99. The molecule has 3 heteroatoms. The standard InChI is InChI=1S/C6H13NO.C6H7N/c7-6(8)4-2-1-3-5-6;7-6-4-2-1-3-5-6/h8H,1-5,7H2;1-5H,7H2. The summed E-state index contributed by atoms with van der Waals surface area (Å²) in [4.78, 5) is 0. The molecule has 15 heavy (non-hydrogen) atoms. The number of aliphatic hydroxyl groups is 1. The van der Waals surface area contributed by atoms with Crippen LogP contribution in [0.3, 0.4) is 0 Å². The predicted molar refractivity (Wildman–Crippen MR) is 63.1 cm³/mol. The Morgan fingerprint density at radius 3 is 1.80 bits per heavy atom. The number of anilines is 1. The fourth-order valence-corrected chi connectivity index (χ4v) is 1.62. The predicted octanol–water partition coefficient (Wildman–Crippen LogP) is 1.87. The van der Waals surface area contributed by atoms with Crippen molar-refractivity contribution in [1.29, 1.82) is 0 Å². The van der Waals surface area contributed by atoms with E-state index >= 15 is 0 Å². The van der Waals surface area contributed by atoms with Gasteiger partial charge in [-0.2, -0.15) is 0 Å². The lowest BCUT2D eigenvalue weighted by atomic mass is 9.93. The molecule has 1 fully saturated rings. The van der Waals surface area contributed by atoms with Crippen LogP contribution < -0.4 is 11.5 Å². The Kier molecular flexibility index (Phi) is 4.59. The molecule has 0 spiro atoms. The minimum Gasteiger partial charge on any atom is -0.399 e. The summed E-state index contributed by atoms with van der Waals surface area (Å²) < 4.78 is 0. The number of nitrogens with two attached hydrogens (primary N) is 2. The highest BCUT2D eigenvalue weighted by atomic mass is 16.3. The number of nitrogen functional groups attached to an aromatic ring is 1. The maximum Gasteiger partial charge on any atom is 0.113 e. The van der Waals surface area contributed by atoms with Crippen molar-refractivity contribution in [1.82, 2.24) is 0 Å². The number of hydrogen-bond acceptors (Lipinski definition) is 3. The van der Waals surface area contributed by atoms with E-state index in [2.05, 4.69) is 0 Å². The van der Waals surface area contributed by atoms with Crippen molar-refractivity contribution < 1.29 is 5.11 Å². The van der Waals surface area contributed by atoms with E-state index in [-0.39, 0.29) is 0 Å². The van der Waals surface area contributed by atoms with Gasteiger partial charge in [0.25, 0.3) is 0 Å². The third kappa shape index (κ3) is 5.40. The van der Waals surface area contributed by atoms with Gasteiger partial charge in [-0.1, -0.05) is 24.6 Å². The lowest BCUT2D eigenvalue weighted by molar-refractivity contribution is 0.0103. The molecule has 1 aliphatic carbocycles. The molecule has 1 aromatic carbocycles. The molecule has 1 saturated carbocycles. The van der Waals surface area contributed by atoms with Crippen LogP contribution in [0.2, 0.25) is 0 Å². The van der Waals surface area contributed by atoms with Crippen molar-refractivity contribution in [3.05, 3.63) is 30.3 Å². The fourth-order valence-electron chi connectivity index (χ4n) is 1.62. The highest BCUT2D eigenvalue weighted by Crippen LogP contribution is 2.22. The monoisotopic (exact) mass is 208 g/mol. The molecule has 0 aliphatic heterocycles. The number of rotatable bonds is 0. The van der Waals surface area contributed by atoms with E-state index in [4.69, 9.17) is 16.6 Å². The maximum atomic E-state index is 9.15. The second-order valence-corrected chi connectivity index (χ2v) is 4.07. The van der Waals surface area contributed by atoms with Gasteiger partial charge in [0.05, 0.1) is 0 Å². The van der Waals surface area contributed by atoms with Gasteiger partial charge in [0.2, 0.25) is 0 Å². The molecule has 1 aromatic rings. The highest BCUT2D eigenvalue weighted by Gasteiger charge is 2.22. The highest BCUT2D eigenvalue weighted by molar-refractivity contribution is 5.35. The molecule has 2 rings (SSSR count). The Morgan fingerprint density at radius 1 is 1.00 bits per heavy atom. The van der Waals surface area contributed by atoms with Gasteiger partial charge in [0, 0.05) is 5.69 Å². The normalized spacial score (nSPS) is 18.8. The number of hydrogen-bond donors (Lipinski definition) is 3. The molecule has 0 amide bonds. The van der Waals surface area contributed by atoms with Crippen molar-refractivity contribution >= 4 is 5.69 Å². The topological polar surface area (TPSA) is 72.3 Å². The lowest BCUT2D eigenvalue weighted by Crippen LogP contribution is -2.40. The number of benzene rings is 1. The van der Waals surface area contributed by atoms with Gasteiger partial charge in [0.1, 0.15) is 5.72 Å². The molecule has 84 valence electrons. The van der Waals surface area contributed by atoms with Crippen LogP contribution in [0.4, 0.5) is 5.69 Å². The second kappa shape index (κ2) is 5.73. The Balaban J connectivity index is 0.000000151. The third-order valence-electron chi connectivity index (χ3n) is 2.52. The first kappa shape index (κ1) is 12.0. The van der Waals surface area contributed by atoms with E-state index in [1.807, 2.05) is 30.3 Å². The van der Waals surface area contributed by atoms with Crippen LogP contribution in [0.5, 0.6) is 0 Å². The van der Waals surface area contributed by atoms with Gasteiger partial charge >= 0.3 is 0 Å². The Morgan fingerprint density at radius 2 is 1.53 bits per heavy atom. The minimum atomic E-state index is -0.821. The molecule has 0 atom stereocenters. The van der Waals surface area contributed by atoms with Crippen molar-refractivity contribution in [3.8, 4) is 0 Å². The molecule has 0 aromatic heterocycles. The zero-order valence-corrected chi connectivity index (χ0v) is 9.02. The summed E-state index contributed by atoms with van der Waals surface area (Å²) in [6, 6.07) is 9.49. The summed E-state index contributed by atoms with van der Waals surface area (Å²) in [5.41, 5.74) is 10.8. The van der Waals surface area contributed by atoms with E-state index in [9.17, 15) is 0 Å². The molecular weight excluding hydrogens is 188 g/mol. The molecule has 3 nitrogen and oxygen atoms in total. The molecule has 0 bridgehead atoms. The minimum absolute atomic E-state index is 0.785. The first-order valence-electron chi connectivity index (χ1n) is 5.42. The van der Waals surface area contributed by atoms with E-state index in [1.165, 1.54) is 6.42 Å². The molecule has 1 aliphatic rings. The molecule has 0 saturated heterocycles. The summed E-state index contributed by atoms with van der Waals surface area (Å²) in [7, 11) is 0. The smallest absolute Gasteiger partial charge is 0.113 e. The molecule has 0 radical (unpaired) electrons. The van der Waals surface area contributed by atoms with Crippen LogP contribution in [0, 0.1) is 0 Å². The SMILES string of the molecule is NC1(O)CCCCC1.Nc1ccccc1. The average Bonchev–Trinajstić information content (AvgIpc) is 2.19. The Labute approximate surface area is 91.1 Å². The summed E-state index contributed by atoms with van der Waals surface area (Å²) >= 11 is 0. The van der Waals surface area contributed by atoms with E-state index in [0.29, 0.717) is 0 Å². The van der Waals surface area contributed by atoms with Gasteiger partial charge in [0.15, 0.2) is 0 Å². The third-order valence-corrected chi connectivity index (χ3v) is 2.52. The van der Waals surface area contributed by atoms with Crippen LogP contribution in [-0.2, 0) is 0 Å². The summed E-state index contributed by atoms with van der Waals surface area (Å²) in [5, 5.41) is 9.15. The average molecular weight is 208 g/mol. The molecule has 0 unspecified atom stereocenters. The van der Waals surface area contributed by atoms with Crippen LogP contribution in [0.1, 0.15) is 32.1 Å². The van der Waals surface area contributed by atoms with Gasteiger partial charge in [-0.3, -0.25) is 0 Å². The van der Waals surface area contributed by atoms with Gasteiger partial charge in [-0.25, -0.2) is 0 Å². The van der Waals surface area contributed by atoms with Gasteiger partial charge in [-0.05, 0) is 37.8 Å². The lowest BCUT2D eigenvalue weighted by Gasteiger charge is -2.26. The quantitative estimate of drug-likeness (QED) is 0.450. The van der Waals surface area contributed by atoms with Crippen molar-refractivity contribution in [2.75, 3.05) is 5.73 Å². The fraction of sp³-hybridized carbons (Fsp3) is 0.500. The van der Waals surface area contributed by atoms with Crippen LogP contribution >= 0.6 is 0 Å². The van der Waals surface area contributed by atoms with E-state index in [0.717, 1.165) is 31.4 Å². The molecule has 5 N–H and O–H groups in total. The molecule has 0 heterocycles. The van der Waals surface area contributed by atoms with Crippen molar-refractivity contribution in [2.24, 2.45) is 5.73 Å². The molecular formula is C12H20N2O. The Hall–Kier alpha value is -1.06. The van der Waals surface area contributed by atoms with Crippen molar-refractivity contribution in [2.45, 2.75) is 37.8 Å². The zero-order valence-electron chi connectivity index (χ0n) is 9.02. The first-order chi connectivity index (χ1) is 7.10. The first-order valence-corrected chi connectivity index (χ1v) is 5.42. The van der Waals surface area contributed by atoms with Gasteiger partial charge < -0.3 is 16.6 Å². The zero-order chi connectivity index (χ0) is 11.1. The summed E-state index contributed by atoms with van der Waals surface area (Å²) in [6.45, 7) is 0. The maximum absolute atomic E-state index is 9.15. The van der Waals surface area contributed by atoms with Crippen LogP contribution in [-0.4, -0.2) is 10.8 Å². The van der Waals surface area contributed by atoms with Crippen molar-refractivity contribution in [3.63, 3.8) is 0 Å².